The normalized spacial score (nSPS) is 21.0. The summed E-state index contributed by atoms with van der Waals surface area (Å²) in [5.74, 6) is -2.15. The van der Waals surface area contributed by atoms with Crippen molar-refractivity contribution in [2.75, 3.05) is 39.4 Å². The first-order chi connectivity index (χ1) is 15.9. The number of aliphatic hydroxyl groups excluding tert-OH is 1. The predicted octanol–water partition coefficient (Wildman–Crippen LogP) is 3.95. The van der Waals surface area contributed by atoms with E-state index >= 15 is 0 Å². The van der Waals surface area contributed by atoms with Gasteiger partial charge in [-0.15, -0.1) is 0 Å². The Morgan fingerprint density at radius 1 is 1.12 bits per heavy atom. The highest BCUT2D eigenvalue weighted by atomic mass is 79.9. The number of ether oxygens (including phenoxy) is 1. The van der Waals surface area contributed by atoms with Crippen LogP contribution in [0.1, 0.15) is 23.6 Å². The lowest BCUT2D eigenvalue weighted by atomic mass is 9.95. The number of aliphatic hydroxyl groups is 1. The van der Waals surface area contributed by atoms with E-state index in [1.54, 1.807) is 6.07 Å². The van der Waals surface area contributed by atoms with Crippen LogP contribution in [0.4, 0.5) is 0 Å². The minimum Gasteiger partial charge on any atom is -0.507 e. The maximum atomic E-state index is 13.1. The van der Waals surface area contributed by atoms with Gasteiger partial charge in [-0.2, -0.15) is 0 Å². The van der Waals surface area contributed by atoms with Crippen LogP contribution < -0.4 is 0 Å². The van der Waals surface area contributed by atoms with Crippen LogP contribution in [0.15, 0.2) is 52.5 Å². The molecule has 2 fully saturated rings. The number of aromatic hydroxyl groups is 1. The highest BCUT2D eigenvalue weighted by Crippen LogP contribution is 2.41. The molecule has 0 bridgehead atoms. The van der Waals surface area contributed by atoms with E-state index in [4.69, 9.17) is 16.3 Å². The van der Waals surface area contributed by atoms with E-state index < -0.39 is 23.5 Å². The summed E-state index contributed by atoms with van der Waals surface area (Å²) in [6, 6.07) is 10.7. The number of hydrogen-bond donors (Lipinski definition) is 2. The second-order valence-electron chi connectivity index (χ2n) is 8.02. The first-order valence-electron chi connectivity index (χ1n) is 10.7. The Morgan fingerprint density at radius 3 is 2.61 bits per heavy atom. The highest BCUT2D eigenvalue weighted by molar-refractivity contribution is 9.10. The van der Waals surface area contributed by atoms with Gasteiger partial charge in [0.25, 0.3) is 11.7 Å². The van der Waals surface area contributed by atoms with E-state index in [0.29, 0.717) is 31.7 Å². The molecule has 0 aliphatic carbocycles. The van der Waals surface area contributed by atoms with Gasteiger partial charge in [0.1, 0.15) is 11.5 Å². The molecule has 0 radical (unpaired) electrons. The van der Waals surface area contributed by atoms with Crippen LogP contribution in [0.5, 0.6) is 5.75 Å². The van der Waals surface area contributed by atoms with E-state index in [1.807, 2.05) is 18.2 Å². The molecule has 1 unspecified atom stereocenters. The summed E-state index contributed by atoms with van der Waals surface area (Å²) in [7, 11) is 0. The average Bonchev–Trinajstić information content (AvgIpc) is 3.06. The quantitative estimate of drug-likeness (QED) is 0.331. The zero-order valence-corrected chi connectivity index (χ0v) is 20.2. The Balaban J connectivity index is 1.71. The summed E-state index contributed by atoms with van der Waals surface area (Å²) in [6.07, 6.45) is 0.667. The number of halogens is 2. The number of carbonyl (C=O) groups is 2. The summed E-state index contributed by atoms with van der Waals surface area (Å²) < 4.78 is 6.16. The lowest BCUT2D eigenvalue weighted by Crippen LogP contribution is -2.38. The molecule has 2 aliphatic heterocycles. The average molecular weight is 536 g/mol. The van der Waals surface area contributed by atoms with Gasteiger partial charge in [-0.1, -0.05) is 39.7 Å². The van der Waals surface area contributed by atoms with Crippen LogP contribution in [0.25, 0.3) is 5.76 Å². The first kappa shape index (κ1) is 23.8. The Morgan fingerprint density at radius 2 is 1.88 bits per heavy atom. The largest absolute Gasteiger partial charge is 0.507 e. The number of nitrogens with zero attached hydrogens (tertiary/aromatic N) is 2. The monoisotopic (exact) mass is 534 g/mol. The maximum absolute atomic E-state index is 13.1. The molecule has 2 N–H and O–H groups in total. The molecule has 33 heavy (non-hydrogen) atoms. The van der Waals surface area contributed by atoms with E-state index in [-0.39, 0.29) is 21.9 Å². The molecule has 2 heterocycles. The Hall–Kier alpha value is -2.39. The SMILES string of the molecule is O=C1C(=O)N(CCCN2CCOCC2)C(c2cccc(Br)c2)/C1=C(\O)c1cc(Cl)ccc1O. The highest BCUT2D eigenvalue weighted by Gasteiger charge is 2.46. The molecule has 0 spiro atoms. The van der Waals surface area contributed by atoms with E-state index in [9.17, 15) is 19.8 Å². The molecule has 1 atom stereocenters. The van der Waals surface area contributed by atoms with Gasteiger partial charge in [0.2, 0.25) is 0 Å². The number of phenolic OH excluding ortho intramolecular Hbond substituents is 1. The van der Waals surface area contributed by atoms with Gasteiger partial charge in [-0.05, 0) is 42.3 Å². The molecule has 2 aliphatic rings. The third kappa shape index (κ3) is 5.09. The zero-order chi connectivity index (χ0) is 23.5. The zero-order valence-electron chi connectivity index (χ0n) is 17.8. The number of phenols is 1. The fraction of sp³-hybridized carbons (Fsp3) is 0.333. The fourth-order valence-corrected chi connectivity index (χ4v) is 4.86. The van der Waals surface area contributed by atoms with Crippen molar-refractivity contribution < 1.29 is 24.5 Å². The number of likely N-dealkylation sites (tertiary alicyclic amines) is 1. The number of ketones is 1. The van der Waals surface area contributed by atoms with Gasteiger partial charge in [-0.25, -0.2) is 0 Å². The molecular formula is C24H24BrClN2O5. The van der Waals surface area contributed by atoms with Crippen LogP contribution in [0, 0.1) is 0 Å². The van der Waals surface area contributed by atoms with Crippen molar-refractivity contribution in [3.63, 3.8) is 0 Å². The van der Waals surface area contributed by atoms with Crippen LogP contribution in [-0.4, -0.2) is 71.1 Å². The molecule has 4 rings (SSSR count). The number of hydrogen-bond acceptors (Lipinski definition) is 6. The van der Waals surface area contributed by atoms with Gasteiger partial charge >= 0.3 is 0 Å². The predicted molar refractivity (Wildman–Crippen MR) is 128 cm³/mol. The molecule has 0 aromatic heterocycles. The first-order valence-corrected chi connectivity index (χ1v) is 11.9. The Kier molecular flexibility index (Phi) is 7.38. The maximum Gasteiger partial charge on any atom is 0.295 e. The molecule has 7 nitrogen and oxygen atoms in total. The third-order valence-electron chi connectivity index (χ3n) is 5.90. The van der Waals surface area contributed by atoms with Crippen molar-refractivity contribution in [3.8, 4) is 5.75 Å². The number of carbonyl (C=O) groups excluding carboxylic acids is 2. The van der Waals surface area contributed by atoms with Crippen molar-refractivity contribution in [3.05, 3.63) is 68.7 Å². The fourth-order valence-electron chi connectivity index (χ4n) is 4.27. The summed E-state index contributed by atoms with van der Waals surface area (Å²) in [5.41, 5.74) is 0.619. The van der Waals surface area contributed by atoms with Crippen LogP contribution >= 0.6 is 27.5 Å². The molecule has 174 valence electrons. The lowest BCUT2D eigenvalue weighted by Gasteiger charge is -2.29. The summed E-state index contributed by atoms with van der Waals surface area (Å²) in [4.78, 5) is 29.9. The summed E-state index contributed by atoms with van der Waals surface area (Å²) >= 11 is 9.50. The van der Waals surface area contributed by atoms with E-state index in [1.165, 1.54) is 23.1 Å². The standard InChI is InChI=1S/C24H24BrClN2O5/c25-16-4-1-3-15(13-16)21-20(22(30)18-14-17(26)5-6-19(18)29)23(31)24(32)28(21)8-2-7-27-9-11-33-12-10-27/h1,3-6,13-14,21,29-30H,2,7-12H2/b22-20+. The molecule has 9 heteroatoms. The smallest absolute Gasteiger partial charge is 0.295 e. The number of Topliss-reactive ketones (excluding diaryl/α,β-unsaturated/α-hetero) is 1. The topological polar surface area (TPSA) is 90.3 Å². The van der Waals surface area contributed by atoms with Gasteiger partial charge in [-0.3, -0.25) is 14.5 Å². The van der Waals surface area contributed by atoms with Gasteiger partial charge < -0.3 is 19.8 Å². The van der Waals surface area contributed by atoms with Crippen molar-refractivity contribution in [2.45, 2.75) is 12.5 Å². The summed E-state index contributed by atoms with van der Waals surface area (Å²) in [5, 5.41) is 21.7. The Bertz CT molecular complexity index is 1100. The van der Waals surface area contributed by atoms with Crippen molar-refractivity contribution >= 4 is 45.0 Å². The van der Waals surface area contributed by atoms with E-state index in [0.717, 1.165) is 24.1 Å². The lowest BCUT2D eigenvalue weighted by molar-refractivity contribution is -0.140. The minimum atomic E-state index is -0.789. The molecular weight excluding hydrogens is 512 g/mol. The van der Waals surface area contributed by atoms with Crippen LogP contribution in [0.3, 0.4) is 0 Å². The number of benzene rings is 2. The second-order valence-corrected chi connectivity index (χ2v) is 9.37. The van der Waals surface area contributed by atoms with Gasteiger partial charge in [0.05, 0.1) is 30.4 Å². The number of amides is 1. The van der Waals surface area contributed by atoms with Crippen molar-refractivity contribution in [2.24, 2.45) is 0 Å². The molecule has 2 saturated heterocycles. The third-order valence-corrected chi connectivity index (χ3v) is 6.62. The van der Waals surface area contributed by atoms with Crippen LogP contribution in [-0.2, 0) is 14.3 Å². The number of rotatable bonds is 6. The van der Waals surface area contributed by atoms with Gasteiger partial charge in [0.15, 0.2) is 0 Å². The molecule has 2 aromatic carbocycles. The van der Waals surface area contributed by atoms with Crippen molar-refractivity contribution in [1.82, 2.24) is 9.80 Å². The van der Waals surface area contributed by atoms with Crippen molar-refractivity contribution in [1.29, 1.82) is 0 Å². The van der Waals surface area contributed by atoms with Crippen LogP contribution in [0.2, 0.25) is 5.02 Å². The second kappa shape index (κ2) is 10.3. The van der Waals surface area contributed by atoms with Gasteiger partial charge in [0, 0.05) is 35.7 Å². The molecule has 0 saturated carbocycles. The molecule has 1 amide bonds. The van der Waals surface area contributed by atoms with E-state index in [2.05, 4.69) is 20.8 Å². The number of morpholine rings is 1. The summed E-state index contributed by atoms with van der Waals surface area (Å²) in [6.45, 7) is 4.16. The Labute approximate surface area is 205 Å². The minimum absolute atomic E-state index is 0.00816. The molecule has 2 aromatic rings.